The molecule has 130 valence electrons. The van der Waals surface area contributed by atoms with Crippen LogP contribution in [-0.2, 0) is 9.59 Å². The summed E-state index contributed by atoms with van der Waals surface area (Å²) < 4.78 is 28.8. The Bertz CT molecular complexity index is 517. The number of aliphatic carboxylic acids is 1. The fourth-order valence-electron chi connectivity index (χ4n) is 1.78. The van der Waals surface area contributed by atoms with Crippen LogP contribution in [0.3, 0.4) is 0 Å². The van der Waals surface area contributed by atoms with Crippen LogP contribution in [-0.4, -0.2) is 36.2 Å². The van der Waals surface area contributed by atoms with Crippen molar-refractivity contribution in [2.24, 2.45) is 0 Å². The standard InChI is InChI=1S/C14H18F2N2O4.ClH/c1-2-5-10(13(20)21)17-8-12(19)18-9-6-3-4-7-11(9)22-14(15)16;/h3-4,6-7,10,14,17H,2,5,8H2,1H3,(H,18,19)(H,20,21);1H. The second kappa shape index (κ2) is 10.7. The predicted molar refractivity (Wildman–Crippen MR) is 83.3 cm³/mol. The lowest BCUT2D eigenvalue weighted by Crippen LogP contribution is -2.41. The van der Waals surface area contributed by atoms with Gasteiger partial charge in [0.05, 0.1) is 12.2 Å². The SMILES string of the molecule is CCCC(NCC(=O)Nc1ccccc1OC(F)F)C(=O)O.Cl. The van der Waals surface area contributed by atoms with Crippen molar-refractivity contribution < 1.29 is 28.2 Å². The Morgan fingerprint density at radius 3 is 2.52 bits per heavy atom. The van der Waals surface area contributed by atoms with Crippen LogP contribution in [0, 0.1) is 0 Å². The van der Waals surface area contributed by atoms with Gasteiger partial charge in [0, 0.05) is 0 Å². The van der Waals surface area contributed by atoms with Crippen molar-refractivity contribution >= 4 is 30.0 Å². The summed E-state index contributed by atoms with van der Waals surface area (Å²) in [5.41, 5.74) is 0.0944. The van der Waals surface area contributed by atoms with E-state index in [9.17, 15) is 18.4 Å². The number of benzene rings is 1. The Hall–Kier alpha value is -1.93. The second-order valence-corrected chi connectivity index (χ2v) is 4.48. The minimum atomic E-state index is -3.00. The minimum Gasteiger partial charge on any atom is -0.480 e. The van der Waals surface area contributed by atoms with E-state index >= 15 is 0 Å². The zero-order valence-electron chi connectivity index (χ0n) is 12.4. The second-order valence-electron chi connectivity index (χ2n) is 4.48. The molecule has 3 N–H and O–H groups in total. The van der Waals surface area contributed by atoms with E-state index in [0.717, 1.165) is 0 Å². The van der Waals surface area contributed by atoms with E-state index < -0.39 is 24.5 Å². The lowest BCUT2D eigenvalue weighted by molar-refractivity contribution is -0.139. The van der Waals surface area contributed by atoms with Crippen LogP contribution in [0.1, 0.15) is 19.8 Å². The van der Waals surface area contributed by atoms with Crippen LogP contribution in [0.25, 0.3) is 0 Å². The van der Waals surface area contributed by atoms with E-state index in [1.165, 1.54) is 18.2 Å². The van der Waals surface area contributed by atoms with Gasteiger partial charge in [0.1, 0.15) is 11.8 Å². The molecule has 0 bridgehead atoms. The van der Waals surface area contributed by atoms with Crippen molar-refractivity contribution in [1.82, 2.24) is 5.32 Å². The fourth-order valence-corrected chi connectivity index (χ4v) is 1.78. The molecule has 1 aromatic carbocycles. The third-order valence-electron chi connectivity index (χ3n) is 2.76. The highest BCUT2D eigenvalue weighted by molar-refractivity contribution is 5.94. The molecule has 9 heteroatoms. The van der Waals surface area contributed by atoms with Crippen LogP contribution in [0.15, 0.2) is 24.3 Å². The van der Waals surface area contributed by atoms with E-state index in [4.69, 9.17) is 5.11 Å². The lowest BCUT2D eigenvalue weighted by atomic mass is 10.2. The number of hydrogen-bond acceptors (Lipinski definition) is 4. The first kappa shape index (κ1) is 21.1. The summed E-state index contributed by atoms with van der Waals surface area (Å²) >= 11 is 0. The molecule has 0 saturated carbocycles. The van der Waals surface area contributed by atoms with Gasteiger partial charge >= 0.3 is 12.6 Å². The molecule has 1 aromatic rings. The first-order valence-corrected chi connectivity index (χ1v) is 6.74. The average Bonchev–Trinajstić information content (AvgIpc) is 2.44. The zero-order valence-corrected chi connectivity index (χ0v) is 13.2. The van der Waals surface area contributed by atoms with Gasteiger partial charge in [0.2, 0.25) is 5.91 Å². The van der Waals surface area contributed by atoms with Crippen LogP contribution >= 0.6 is 12.4 Å². The summed E-state index contributed by atoms with van der Waals surface area (Å²) in [5, 5.41) is 14.0. The molecule has 0 aromatic heterocycles. The summed E-state index contributed by atoms with van der Waals surface area (Å²) in [6.45, 7) is -1.42. The maximum atomic E-state index is 12.3. The number of hydrogen-bond donors (Lipinski definition) is 3. The number of alkyl halides is 2. The Morgan fingerprint density at radius 2 is 1.96 bits per heavy atom. The van der Waals surface area contributed by atoms with Crippen molar-refractivity contribution in [3.05, 3.63) is 24.3 Å². The predicted octanol–water partition coefficient (Wildman–Crippen LogP) is 2.49. The third-order valence-corrected chi connectivity index (χ3v) is 2.76. The Kier molecular flexibility index (Phi) is 9.84. The Balaban J connectivity index is 0.00000484. The van der Waals surface area contributed by atoms with Gasteiger partial charge in [0.15, 0.2) is 0 Å². The van der Waals surface area contributed by atoms with Crippen molar-refractivity contribution in [1.29, 1.82) is 0 Å². The number of nitrogens with one attached hydrogen (secondary N) is 2. The monoisotopic (exact) mass is 352 g/mol. The van der Waals surface area contributed by atoms with Gasteiger partial charge in [0.25, 0.3) is 0 Å². The number of carbonyl (C=O) groups is 2. The molecule has 0 spiro atoms. The number of carboxylic acids is 1. The molecular formula is C14H19ClF2N2O4. The van der Waals surface area contributed by atoms with E-state index in [-0.39, 0.29) is 30.4 Å². The van der Waals surface area contributed by atoms with E-state index in [2.05, 4.69) is 15.4 Å². The molecule has 0 heterocycles. The Labute approximate surface area is 138 Å². The molecule has 0 fully saturated rings. The number of para-hydroxylation sites is 2. The first-order chi connectivity index (χ1) is 10.4. The summed E-state index contributed by atoms with van der Waals surface area (Å²) in [6.07, 6.45) is 1.03. The topological polar surface area (TPSA) is 87.7 Å². The summed E-state index contributed by atoms with van der Waals surface area (Å²) in [5.74, 6) is -1.75. The van der Waals surface area contributed by atoms with E-state index in [0.29, 0.717) is 12.8 Å². The molecule has 1 atom stereocenters. The maximum absolute atomic E-state index is 12.3. The minimum absolute atomic E-state index is 0. The molecule has 0 aliphatic rings. The number of halogens is 3. The largest absolute Gasteiger partial charge is 0.480 e. The fraction of sp³-hybridized carbons (Fsp3) is 0.429. The number of amides is 1. The highest BCUT2D eigenvalue weighted by Gasteiger charge is 2.17. The molecule has 0 radical (unpaired) electrons. The molecule has 0 aliphatic heterocycles. The van der Waals surface area contributed by atoms with Gasteiger partial charge in [-0.25, -0.2) is 0 Å². The van der Waals surface area contributed by atoms with Gasteiger partial charge in [-0.2, -0.15) is 8.78 Å². The maximum Gasteiger partial charge on any atom is 0.387 e. The van der Waals surface area contributed by atoms with Crippen molar-refractivity contribution in [3.63, 3.8) is 0 Å². The summed E-state index contributed by atoms with van der Waals surface area (Å²) in [7, 11) is 0. The quantitative estimate of drug-likeness (QED) is 0.635. The van der Waals surface area contributed by atoms with Crippen molar-refractivity contribution in [2.75, 3.05) is 11.9 Å². The van der Waals surface area contributed by atoms with Gasteiger partial charge in [-0.15, -0.1) is 12.4 Å². The number of carbonyl (C=O) groups excluding carboxylic acids is 1. The molecule has 1 rings (SSSR count). The molecule has 1 unspecified atom stereocenters. The summed E-state index contributed by atoms with van der Waals surface area (Å²) in [6, 6.07) is 4.93. The highest BCUT2D eigenvalue weighted by atomic mass is 35.5. The van der Waals surface area contributed by atoms with E-state index in [1.54, 1.807) is 6.07 Å². The van der Waals surface area contributed by atoms with Crippen LogP contribution < -0.4 is 15.4 Å². The lowest BCUT2D eigenvalue weighted by Gasteiger charge is -2.14. The van der Waals surface area contributed by atoms with Crippen LogP contribution in [0.2, 0.25) is 0 Å². The van der Waals surface area contributed by atoms with E-state index in [1.807, 2.05) is 6.92 Å². The van der Waals surface area contributed by atoms with Gasteiger partial charge < -0.3 is 15.2 Å². The molecule has 23 heavy (non-hydrogen) atoms. The zero-order chi connectivity index (χ0) is 16.5. The number of anilines is 1. The normalized spacial score (nSPS) is 11.5. The molecule has 6 nitrogen and oxygen atoms in total. The van der Waals surface area contributed by atoms with Crippen LogP contribution in [0.5, 0.6) is 5.75 Å². The Morgan fingerprint density at radius 1 is 1.30 bits per heavy atom. The van der Waals surface area contributed by atoms with Gasteiger partial charge in [-0.05, 0) is 18.6 Å². The summed E-state index contributed by atoms with van der Waals surface area (Å²) in [4.78, 5) is 22.7. The first-order valence-electron chi connectivity index (χ1n) is 6.74. The highest BCUT2D eigenvalue weighted by Crippen LogP contribution is 2.25. The number of rotatable bonds is 9. The van der Waals surface area contributed by atoms with Crippen LogP contribution in [0.4, 0.5) is 14.5 Å². The van der Waals surface area contributed by atoms with Gasteiger partial charge in [-0.1, -0.05) is 25.5 Å². The van der Waals surface area contributed by atoms with Crippen molar-refractivity contribution in [3.8, 4) is 5.75 Å². The molecular weight excluding hydrogens is 334 g/mol. The molecule has 0 saturated heterocycles. The smallest absolute Gasteiger partial charge is 0.387 e. The molecule has 1 amide bonds. The number of ether oxygens (including phenoxy) is 1. The molecule has 0 aliphatic carbocycles. The third kappa shape index (κ3) is 7.75. The number of carboxylic acid groups (broad SMARTS) is 1. The van der Waals surface area contributed by atoms with Crippen molar-refractivity contribution in [2.45, 2.75) is 32.4 Å². The van der Waals surface area contributed by atoms with Gasteiger partial charge in [-0.3, -0.25) is 14.9 Å². The average molecular weight is 353 g/mol.